The molecule has 24 heavy (non-hydrogen) atoms. The first-order valence-corrected chi connectivity index (χ1v) is 11.1. The first-order valence-electron chi connectivity index (χ1n) is 9.52. The summed E-state index contributed by atoms with van der Waals surface area (Å²) in [5.74, 6) is 0.398. The minimum Gasteiger partial charge on any atom is -0.340 e. The van der Waals surface area contributed by atoms with Crippen LogP contribution < -0.4 is 0 Å². The fourth-order valence-electron chi connectivity index (χ4n) is 4.40. The zero-order valence-electron chi connectivity index (χ0n) is 14.8. The van der Waals surface area contributed by atoms with Gasteiger partial charge in [0.25, 0.3) is 0 Å². The van der Waals surface area contributed by atoms with Crippen LogP contribution in [0.1, 0.15) is 45.4 Å². The summed E-state index contributed by atoms with van der Waals surface area (Å²) in [6.45, 7) is 6.34. The lowest BCUT2D eigenvalue weighted by molar-refractivity contribution is -0.138. The van der Waals surface area contributed by atoms with Gasteiger partial charge in [0.15, 0.2) is 0 Å². The second-order valence-corrected chi connectivity index (χ2v) is 9.63. The molecule has 3 aliphatic rings. The van der Waals surface area contributed by atoms with Gasteiger partial charge >= 0.3 is 0 Å². The Labute approximate surface area is 146 Å². The molecule has 0 atom stereocenters. The second kappa shape index (κ2) is 7.70. The van der Waals surface area contributed by atoms with Crippen molar-refractivity contribution >= 4 is 15.9 Å². The molecule has 0 aromatic carbocycles. The molecule has 6 nitrogen and oxygen atoms in total. The van der Waals surface area contributed by atoms with Gasteiger partial charge in [-0.15, -0.1) is 0 Å². The Kier molecular flexibility index (Phi) is 5.82. The Balaban J connectivity index is 1.46. The Morgan fingerprint density at radius 2 is 1.50 bits per heavy atom. The highest BCUT2D eigenvalue weighted by Crippen LogP contribution is 2.26. The average Bonchev–Trinajstić information content (AvgIpc) is 3.16. The topological polar surface area (TPSA) is 60.9 Å². The van der Waals surface area contributed by atoms with E-state index in [4.69, 9.17) is 0 Å². The van der Waals surface area contributed by atoms with Gasteiger partial charge in [-0.1, -0.05) is 12.8 Å². The lowest BCUT2D eigenvalue weighted by atomic mass is 9.96. The van der Waals surface area contributed by atoms with Crippen LogP contribution in [0.4, 0.5) is 0 Å². The summed E-state index contributed by atoms with van der Waals surface area (Å²) in [7, 11) is -3.11. The summed E-state index contributed by atoms with van der Waals surface area (Å²) in [6.07, 6.45) is 6.67. The summed E-state index contributed by atoms with van der Waals surface area (Å²) < 4.78 is 25.4. The highest BCUT2D eigenvalue weighted by molar-refractivity contribution is 7.89. The van der Waals surface area contributed by atoms with Gasteiger partial charge in [-0.2, -0.15) is 0 Å². The lowest BCUT2D eigenvalue weighted by Crippen LogP contribution is -2.53. The van der Waals surface area contributed by atoms with Gasteiger partial charge in [0.2, 0.25) is 15.9 Å². The molecule has 0 aromatic rings. The smallest absolute Gasteiger partial charge is 0.225 e. The molecule has 3 rings (SSSR count). The molecule has 2 saturated heterocycles. The van der Waals surface area contributed by atoms with Crippen LogP contribution in [0.3, 0.4) is 0 Å². The third-order valence-electron chi connectivity index (χ3n) is 6.03. The fraction of sp³-hybridized carbons (Fsp3) is 0.941. The standard InChI is InChI=1S/C17H31N3O3S/c1-2-24(22,23)20-9-7-15(8-10-20)17(21)19-13-11-18(12-14-19)16-5-3-4-6-16/h15-16H,2-14H2,1H3. The van der Waals surface area contributed by atoms with Crippen molar-refractivity contribution in [3.05, 3.63) is 0 Å². The third kappa shape index (κ3) is 3.94. The normalized spacial score (nSPS) is 26.1. The minimum absolute atomic E-state index is 0.00587. The molecule has 0 unspecified atom stereocenters. The van der Waals surface area contributed by atoms with Crippen molar-refractivity contribution in [1.29, 1.82) is 0 Å². The molecule has 138 valence electrons. The molecule has 3 fully saturated rings. The number of carbonyl (C=O) groups is 1. The quantitative estimate of drug-likeness (QED) is 0.757. The zero-order valence-corrected chi connectivity index (χ0v) is 15.6. The van der Waals surface area contributed by atoms with Gasteiger partial charge in [-0.25, -0.2) is 12.7 Å². The van der Waals surface area contributed by atoms with Gasteiger partial charge in [0, 0.05) is 51.2 Å². The molecular formula is C17H31N3O3S. The van der Waals surface area contributed by atoms with E-state index in [1.807, 2.05) is 4.90 Å². The highest BCUT2D eigenvalue weighted by atomic mass is 32.2. The zero-order chi connectivity index (χ0) is 17.2. The van der Waals surface area contributed by atoms with Crippen molar-refractivity contribution < 1.29 is 13.2 Å². The summed E-state index contributed by atoms with van der Waals surface area (Å²) >= 11 is 0. The summed E-state index contributed by atoms with van der Waals surface area (Å²) in [5.41, 5.74) is 0. The number of rotatable bonds is 4. The number of hydrogen-bond donors (Lipinski definition) is 0. The van der Waals surface area contributed by atoms with E-state index >= 15 is 0 Å². The minimum atomic E-state index is -3.11. The van der Waals surface area contributed by atoms with E-state index in [2.05, 4.69) is 4.90 Å². The maximum absolute atomic E-state index is 12.7. The van der Waals surface area contributed by atoms with E-state index in [0.717, 1.165) is 32.2 Å². The van der Waals surface area contributed by atoms with E-state index in [1.165, 1.54) is 25.7 Å². The number of sulfonamides is 1. The molecular weight excluding hydrogens is 326 g/mol. The number of amides is 1. The number of carbonyl (C=O) groups excluding carboxylic acids is 1. The number of nitrogens with zero attached hydrogens (tertiary/aromatic N) is 3. The molecule has 0 bridgehead atoms. The number of piperazine rings is 1. The Morgan fingerprint density at radius 1 is 0.917 bits per heavy atom. The summed E-state index contributed by atoms with van der Waals surface area (Å²) in [6, 6.07) is 0.741. The molecule has 0 aromatic heterocycles. The molecule has 0 N–H and O–H groups in total. The predicted molar refractivity (Wildman–Crippen MR) is 94.2 cm³/mol. The molecule has 1 saturated carbocycles. The van der Waals surface area contributed by atoms with Gasteiger partial charge in [0.1, 0.15) is 0 Å². The van der Waals surface area contributed by atoms with Crippen molar-refractivity contribution in [2.24, 2.45) is 5.92 Å². The number of piperidine rings is 1. The van der Waals surface area contributed by atoms with Gasteiger partial charge < -0.3 is 4.90 Å². The molecule has 7 heteroatoms. The van der Waals surface area contributed by atoms with Crippen LogP contribution in [-0.4, -0.2) is 79.5 Å². The number of hydrogen-bond acceptors (Lipinski definition) is 4. The highest BCUT2D eigenvalue weighted by Gasteiger charge is 2.34. The first kappa shape index (κ1) is 18.1. The van der Waals surface area contributed by atoms with Crippen LogP contribution in [0.5, 0.6) is 0 Å². The van der Waals surface area contributed by atoms with Crippen LogP contribution in [0.15, 0.2) is 0 Å². The Morgan fingerprint density at radius 3 is 2.04 bits per heavy atom. The lowest BCUT2D eigenvalue weighted by Gasteiger charge is -2.40. The van der Waals surface area contributed by atoms with Crippen molar-refractivity contribution in [2.75, 3.05) is 45.0 Å². The SMILES string of the molecule is CCS(=O)(=O)N1CCC(C(=O)N2CCN(C3CCCC3)CC2)CC1. The predicted octanol–water partition coefficient (Wildman–Crippen LogP) is 1.13. The van der Waals surface area contributed by atoms with E-state index in [1.54, 1.807) is 11.2 Å². The van der Waals surface area contributed by atoms with Crippen LogP contribution in [0.25, 0.3) is 0 Å². The Bertz CT molecular complexity index is 529. The maximum atomic E-state index is 12.7. The van der Waals surface area contributed by atoms with Crippen LogP contribution in [0.2, 0.25) is 0 Å². The first-order chi connectivity index (χ1) is 11.5. The van der Waals surface area contributed by atoms with Crippen molar-refractivity contribution in [1.82, 2.24) is 14.1 Å². The molecule has 2 heterocycles. The van der Waals surface area contributed by atoms with Gasteiger partial charge in [-0.05, 0) is 32.6 Å². The van der Waals surface area contributed by atoms with E-state index < -0.39 is 10.0 Å². The fourth-order valence-corrected chi connectivity index (χ4v) is 5.53. The van der Waals surface area contributed by atoms with Crippen molar-refractivity contribution in [2.45, 2.75) is 51.5 Å². The van der Waals surface area contributed by atoms with E-state index in [9.17, 15) is 13.2 Å². The van der Waals surface area contributed by atoms with Crippen LogP contribution >= 0.6 is 0 Å². The second-order valence-electron chi connectivity index (χ2n) is 7.37. The van der Waals surface area contributed by atoms with Crippen LogP contribution in [0, 0.1) is 5.92 Å². The van der Waals surface area contributed by atoms with E-state index in [0.29, 0.717) is 25.9 Å². The monoisotopic (exact) mass is 357 g/mol. The maximum Gasteiger partial charge on any atom is 0.225 e. The summed E-state index contributed by atoms with van der Waals surface area (Å²) in [5, 5.41) is 0. The Hall–Kier alpha value is -0.660. The molecule has 1 aliphatic carbocycles. The molecule has 1 amide bonds. The van der Waals surface area contributed by atoms with Crippen molar-refractivity contribution in [3.63, 3.8) is 0 Å². The van der Waals surface area contributed by atoms with Crippen molar-refractivity contribution in [3.8, 4) is 0 Å². The summed E-state index contributed by atoms with van der Waals surface area (Å²) in [4.78, 5) is 17.3. The van der Waals surface area contributed by atoms with Gasteiger partial charge in [-0.3, -0.25) is 9.69 Å². The molecule has 2 aliphatic heterocycles. The average molecular weight is 358 g/mol. The molecule has 0 radical (unpaired) electrons. The van der Waals surface area contributed by atoms with E-state index in [-0.39, 0.29) is 17.6 Å². The third-order valence-corrected chi connectivity index (χ3v) is 7.91. The van der Waals surface area contributed by atoms with Crippen LogP contribution in [-0.2, 0) is 14.8 Å². The largest absolute Gasteiger partial charge is 0.340 e. The molecule has 0 spiro atoms. The van der Waals surface area contributed by atoms with Gasteiger partial charge in [0.05, 0.1) is 5.75 Å².